The average molecular weight is 307 g/mol. The Balaban J connectivity index is 0.00000220. The van der Waals surface area contributed by atoms with Crippen molar-refractivity contribution in [2.45, 2.75) is 26.3 Å². The molecule has 0 saturated heterocycles. The van der Waals surface area contributed by atoms with Crippen molar-refractivity contribution >= 4 is 29.1 Å². The third-order valence-electron chi connectivity index (χ3n) is 3.73. The highest BCUT2D eigenvalue weighted by atomic mass is 35.5. The summed E-state index contributed by atoms with van der Waals surface area (Å²) in [6, 6.07) is 14.6. The van der Waals surface area contributed by atoms with Gasteiger partial charge in [-0.1, -0.05) is 49.4 Å². The zero-order chi connectivity index (χ0) is 14.5. The summed E-state index contributed by atoms with van der Waals surface area (Å²) in [5.74, 6) is -0.118. The van der Waals surface area contributed by atoms with E-state index in [-0.39, 0.29) is 30.3 Å². The third-order valence-corrected chi connectivity index (χ3v) is 3.73. The zero-order valence-electron chi connectivity index (χ0n) is 12.5. The molecule has 0 aliphatic rings. The van der Waals surface area contributed by atoms with Gasteiger partial charge in [-0.15, -0.1) is 12.4 Å². The molecule has 21 heavy (non-hydrogen) atoms. The monoisotopic (exact) mass is 306 g/mol. The molecule has 3 N–H and O–H groups in total. The number of nitrogens with one attached hydrogen (secondary N) is 1. The summed E-state index contributed by atoms with van der Waals surface area (Å²) in [6.07, 6.45) is 0.836. The molecule has 0 heterocycles. The first kappa shape index (κ1) is 17.5. The molecule has 4 heteroatoms. The van der Waals surface area contributed by atoms with Crippen LogP contribution in [-0.2, 0) is 11.2 Å². The van der Waals surface area contributed by atoms with Gasteiger partial charge >= 0.3 is 0 Å². The molecule has 0 bridgehead atoms. The normalized spacial score (nSPS) is 13.3. The van der Waals surface area contributed by atoms with Crippen molar-refractivity contribution in [1.29, 1.82) is 0 Å². The van der Waals surface area contributed by atoms with E-state index < -0.39 is 0 Å². The summed E-state index contributed by atoms with van der Waals surface area (Å²) in [5.41, 5.74) is 6.95. The molecule has 3 nitrogen and oxygen atoms in total. The van der Waals surface area contributed by atoms with Crippen molar-refractivity contribution in [2.75, 3.05) is 6.54 Å². The molecular formula is C17H23ClN2O. The van der Waals surface area contributed by atoms with E-state index in [2.05, 4.69) is 35.6 Å². The Labute approximate surface area is 132 Å². The summed E-state index contributed by atoms with van der Waals surface area (Å²) in [4.78, 5) is 11.8. The zero-order valence-corrected chi connectivity index (χ0v) is 13.3. The van der Waals surface area contributed by atoms with E-state index in [1.165, 1.54) is 16.3 Å². The molecule has 2 aromatic carbocycles. The fourth-order valence-corrected chi connectivity index (χ4v) is 2.12. The molecule has 114 valence electrons. The molecule has 0 aromatic heterocycles. The largest absolute Gasteiger partial charge is 0.355 e. The molecule has 2 rings (SSSR count). The van der Waals surface area contributed by atoms with Crippen LogP contribution < -0.4 is 11.1 Å². The van der Waals surface area contributed by atoms with Crippen molar-refractivity contribution in [3.8, 4) is 0 Å². The number of fused-ring (bicyclic) bond motifs is 1. The van der Waals surface area contributed by atoms with E-state index in [1.807, 2.05) is 26.0 Å². The number of hydrogen-bond donors (Lipinski definition) is 2. The van der Waals surface area contributed by atoms with Gasteiger partial charge in [0.1, 0.15) is 0 Å². The SMILES string of the molecule is CC(N)C(C)C(=O)NCCc1ccc2ccccc2c1.Cl. The van der Waals surface area contributed by atoms with Crippen molar-refractivity contribution < 1.29 is 4.79 Å². The van der Waals surface area contributed by atoms with Crippen LogP contribution >= 0.6 is 12.4 Å². The number of benzene rings is 2. The summed E-state index contributed by atoms with van der Waals surface area (Å²) < 4.78 is 0. The third kappa shape index (κ3) is 4.73. The topological polar surface area (TPSA) is 55.1 Å². The molecule has 0 aliphatic carbocycles. The maximum Gasteiger partial charge on any atom is 0.224 e. The van der Waals surface area contributed by atoms with Gasteiger partial charge in [0.05, 0.1) is 0 Å². The molecular weight excluding hydrogens is 284 g/mol. The molecule has 2 aromatic rings. The molecule has 0 saturated carbocycles. The molecule has 1 amide bonds. The van der Waals surface area contributed by atoms with Crippen LogP contribution in [0.1, 0.15) is 19.4 Å². The van der Waals surface area contributed by atoms with Crippen LogP contribution in [0, 0.1) is 5.92 Å². The maximum absolute atomic E-state index is 11.8. The highest BCUT2D eigenvalue weighted by Gasteiger charge is 2.15. The van der Waals surface area contributed by atoms with Gasteiger partial charge in [0.25, 0.3) is 0 Å². The maximum atomic E-state index is 11.8. The van der Waals surface area contributed by atoms with E-state index in [4.69, 9.17) is 5.73 Å². The first-order chi connectivity index (χ1) is 9.58. The Morgan fingerprint density at radius 3 is 2.48 bits per heavy atom. The van der Waals surface area contributed by atoms with Crippen molar-refractivity contribution in [2.24, 2.45) is 11.7 Å². The number of halogens is 1. The highest BCUT2D eigenvalue weighted by molar-refractivity contribution is 5.85. The van der Waals surface area contributed by atoms with E-state index in [9.17, 15) is 4.79 Å². The van der Waals surface area contributed by atoms with Crippen LogP contribution in [0.25, 0.3) is 10.8 Å². The van der Waals surface area contributed by atoms with Gasteiger partial charge in [-0.25, -0.2) is 0 Å². The Morgan fingerprint density at radius 2 is 1.81 bits per heavy atom. The summed E-state index contributed by atoms with van der Waals surface area (Å²) in [7, 11) is 0. The van der Waals surface area contributed by atoms with Crippen LogP contribution in [0.3, 0.4) is 0 Å². The second-order valence-corrected chi connectivity index (χ2v) is 5.37. The number of nitrogens with two attached hydrogens (primary N) is 1. The van der Waals surface area contributed by atoms with Crippen molar-refractivity contribution in [1.82, 2.24) is 5.32 Å². The van der Waals surface area contributed by atoms with E-state index in [0.29, 0.717) is 6.54 Å². The molecule has 2 unspecified atom stereocenters. The number of rotatable bonds is 5. The Kier molecular flexibility index (Phi) is 6.66. The lowest BCUT2D eigenvalue weighted by Gasteiger charge is -2.15. The fraction of sp³-hybridized carbons (Fsp3) is 0.353. The van der Waals surface area contributed by atoms with Crippen molar-refractivity contribution in [3.63, 3.8) is 0 Å². The smallest absolute Gasteiger partial charge is 0.224 e. The molecule has 0 fully saturated rings. The van der Waals surface area contributed by atoms with Gasteiger partial charge in [0, 0.05) is 18.5 Å². The van der Waals surface area contributed by atoms with Gasteiger partial charge in [-0.3, -0.25) is 4.79 Å². The second kappa shape index (κ2) is 8.01. The Morgan fingerprint density at radius 1 is 1.14 bits per heavy atom. The average Bonchev–Trinajstić information content (AvgIpc) is 2.46. The van der Waals surface area contributed by atoms with Gasteiger partial charge < -0.3 is 11.1 Å². The molecule has 0 spiro atoms. The summed E-state index contributed by atoms with van der Waals surface area (Å²) >= 11 is 0. The van der Waals surface area contributed by atoms with Gasteiger partial charge in [0.2, 0.25) is 5.91 Å². The van der Waals surface area contributed by atoms with Crippen LogP contribution in [-0.4, -0.2) is 18.5 Å². The van der Waals surface area contributed by atoms with E-state index in [1.54, 1.807) is 0 Å². The number of carbonyl (C=O) groups is 1. The van der Waals surface area contributed by atoms with E-state index in [0.717, 1.165) is 6.42 Å². The number of hydrogen-bond acceptors (Lipinski definition) is 2. The number of carbonyl (C=O) groups excluding carboxylic acids is 1. The predicted molar refractivity (Wildman–Crippen MR) is 90.7 cm³/mol. The molecule has 0 radical (unpaired) electrons. The lowest BCUT2D eigenvalue weighted by Crippen LogP contribution is -2.39. The molecule has 2 atom stereocenters. The number of amides is 1. The second-order valence-electron chi connectivity index (χ2n) is 5.37. The first-order valence-electron chi connectivity index (χ1n) is 7.09. The van der Waals surface area contributed by atoms with Crippen LogP contribution in [0.15, 0.2) is 42.5 Å². The minimum Gasteiger partial charge on any atom is -0.355 e. The molecule has 0 aliphatic heterocycles. The standard InChI is InChI=1S/C17H22N2O.ClH/c1-12(13(2)18)17(20)19-10-9-14-7-8-15-5-3-4-6-16(15)11-14;/h3-8,11-13H,9-10,18H2,1-2H3,(H,19,20);1H. The van der Waals surface area contributed by atoms with Crippen LogP contribution in [0.2, 0.25) is 0 Å². The highest BCUT2D eigenvalue weighted by Crippen LogP contribution is 2.15. The minimum absolute atomic E-state index is 0. The van der Waals surface area contributed by atoms with Gasteiger partial charge in [-0.05, 0) is 29.7 Å². The van der Waals surface area contributed by atoms with Crippen molar-refractivity contribution in [3.05, 3.63) is 48.0 Å². The lowest BCUT2D eigenvalue weighted by atomic mass is 10.0. The predicted octanol–water partition coefficient (Wildman–Crippen LogP) is 2.90. The first-order valence-corrected chi connectivity index (χ1v) is 7.09. The van der Waals surface area contributed by atoms with Crippen LogP contribution in [0.4, 0.5) is 0 Å². The lowest BCUT2D eigenvalue weighted by molar-refractivity contribution is -0.124. The summed E-state index contributed by atoms with van der Waals surface area (Å²) in [6.45, 7) is 4.36. The van der Waals surface area contributed by atoms with Crippen LogP contribution in [0.5, 0.6) is 0 Å². The van der Waals surface area contributed by atoms with Gasteiger partial charge in [-0.2, -0.15) is 0 Å². The quantitative estimate of drug-likeness (QED) is 0.892. The van der Waals surface area contributed by atoms with E-state index >= 15 is 0 Å². The van der Waals surface area contributed by atoms with Gasteiger partial charge in [0.15, 0.2) is 0 Å². The Bertz CT molecular complexity index is 598. The fourth-order valence-electron chi connectivity index (χ4n) is 2.12. The Hall–Kier alpha value is -1.58. The summed E-state index contributed by atoms with van der Waals surface area (Å²) in [5, 5.41) is 5.42. The minimum atomic E-state index is -0.147.